The molecule has 0 aromatic heterocycles. The van der Waals surface area contributed by atoms with E-state index in [0.717, 1.165) is 38.5 Å². The molecule has 1 heterocycles. The summed E-state index contributed by atoms with van der Waals surface area (Å²) in [4.78, 5) is 7.13. The number of hydrogen-bond donors (Lipinski definition) is 1. The predicted molar refractivity (Wildman–Crippen MR) is 117 cm³/mol. The molecule has 0 unspecified atom stereocenters. The molecular weight excluding hydrogens is 366 g/mol. The van der Waals surface area contributed by atoms with Gasteiger partial charge in [-0.25, -0.2) is 0 Å². The van der Waals surface area contributed by atoms with Gasteiger partial charge >= 0.3 is 0 Å². The second kappa shape index (κ2) is 11.2. The second-order valence-electron chi connectivity index (χ2n) is 8.76. The molecule has 0 spiro atoms. The molecule has 29 heavy (non-hydrogen) atoms. The van der Waals surface area contributed by atoms with Gasteiger partial charge in [-0.3, -0.25) is 4.90 Å². The number of piperazine rings is 1. The molecule has 6 nitrogen and oxygen atoms in total. The highest BCUT2D eigenvalue weighted by atomic mass is 16.5. The van der Waals surface area contributed by atoms with Gasteiger partial charge in [-0.05, 0) is 44.6 Å². The fourth-order valence-corrected chi connectivity index (χ4v) is 4.44. The van der Waals surface area contributed by atoms with Crippen LogP contribution >= 0.6 is 0 Å². The summed E-state index contributed by atoms with van der Waals surface area (Å²) in [6.45, 7) is 6.28. The largest absolute Gasteiger partial charge is 0.493 e. The Morgan fingerprint density at radius 1 is 1.10 bits per heavy atom. The monoisotopic (exact) mass is 405 g/mol. The normalized spacial score (nSPS) is 20.7. The number of aliphatic hydroxyl groups excluding tert-OH is 1. The van der Waals surface area contributed by atoms with Crippen molar-refractivity contribution in [1.82, 2.24) is 14.7 Å². The summed E-state index contributed by atoms with van der Waals surface area (Å²) in [5, 5.41) is 10.4. The lowest BCUT2D eigenvalue weighted by Crippen LogP contribution is -2.43. The van der Waals surface area contributed by atoms with Crippen LogP contribution in [0.4, 0.5) is 0 Å². The Bertz CT molecular complexity index is 613. The zero-order chi connectivity index (χ0) is 20.6. The molecule has 2 fully saturated rings. The van der Waals surface area contributed by atoms with E-state index < -0.39 is 6.10 Å². The Balaban J connectivity index is 1.48. The number of aliphatic hydroxyl groups is 1. The van der Waals surface area contributed by atoms with E-state index in [4.69, 9.17) is 9.47 Å². The molecular formula is C23H39N3O3. The van der Waals surface area contributed by atoms with Gasteiger partial charge in [0.25, 0.3) is 0 Å². The first-order valence-electron chi connectivity index (χ1n) is 11.1. The Hall–Kier alpha value is -1.34. The van der Waals surface area contributed by atoms with E-state index in [1.165, 1.54) is 37.7 Å². The minimum absolute atomic E-state index is 0.283. The van der Waals surface area contributed by atoms with Crippen molar-refractivity contribution in [3.8, 4) is 11.5 Å². The molecule has 1 aromatic carbocycles. The zero-order valence-corrected chi connectivity index (χ0v) is 18.5. The van der Waals surface area contributed by atoms with Crippen molar-refractivity contribution in [2.75, 3.05) is 60.5 Å². The van der Waals surface area contributed by atoms with Crippen molar-refractivity contribution in [2.45, 2.75) is 50.8 Å². The molecule has 1 aliphatic heterocycles. The van der Waals surface area contributed by atoms with Crippen LogP contribution < -0.4 is 9.47 Å². The SMILES string of the molecule is COc1cc(CN2CCN(C)CC2)ccc1OC[C@@H](O)CN(C)C1CCCCC1. The molecule has 1 aliphatic carbocycles. The Morgan fingerprint density at radius 3 is 2.52 bits per heavy atom. The Morgan fingerprint density at radius 2 is 1.83 bits per heavy atom. The van der Waals surface area contributed by atoms with Gasteiger partial charge in [-0.1, -0.05) is 25.3 Å². The van der Waals surface area contributed by atoms with Crippen molar-refractivity contribution in [3.63, 3.8) is 0 Å². The van der Waals surface area contributed by atoms with Crippen LogP contribution in [-0.4, -0.2) is 92.5 Å². The van der Waals surface area contributed by atoms with Crippen LogP contribution in [-0.2, 0) is 6.54 Å². The van der Waals surface area contributed by atoms with Crippen LogP contribution in [0.15, 0.2) is 18.2 Å². The summed E-state index contributed by atoms with van der Waals surface area (Å²) < 4.78 is 11.5. The molecule has 2 aliphatic rings. The maximum Gasteiger partial charge on any atom is 0.161 e. The summed E-state index contributed by atoms with van der Waals surface area (Å²) in [6.07, 6.45) is 5.94. The predicted octanol–water partition coefficient (Wildman–Crippen LogP) is 2.45. The molecule has 6 heteroatoms. The molecule has 0 radical (unpaired) electrons. The van der Waals surface area contributed by atoms with E-state index in [-0.39, 0.29) is 6.61 Å². The maximum atomic E-state index is 10.4. The van der Waals surface area contributed by atoms with Crippen LogP contribution in [0, 0.1) is 0 Å². The third kappa shape index (κ3) is 6.85. The quantitative estimate of drug-likeness (QED) is 0.681. The number of ether oxygens (including phenoxy) is 2. The fraction of sp³-hybridized carbons (Fsp3) is 0.739. The van der Waals surface area contributed by atoms with E-state index in [0.29, 0.717) is 18.3 Å². The van der Waals surface area contributed by atoms with Gasteiger partial charge in [0.2, 0.25) is 0 Å². The third-order valence-corrected chi connectivity index (χ3v) is 6.36. The number of likely N-dealkylation sites (N-methyl/N-ethyl adjacent to an activating group) is 2. The highest BCUT2D eigenvalue weighted by Gasteiger charge is 2.21. The van der Waals surface area contributed by atoms with Gasteiger partial charge < -0.3 is 24.4 Å². The maximum absolute atomic E-state index is 10.4. The lowest BCUT2D eigenvalue weighted by Gasteiger charge is -2.32. The van der Waals surface area contributed by atoms with Gasteiger partial charge in [0, 0.05) is 45.3 Å². The van der Waals surface area contributed by atoms with Crippen LogP contribution in [0.3, 0.4) is 0 Å². The molecule has 1 atom stereocenters. The average Bonchev–Trinajstić information content (AvgIpc) is 2.75. The molecule has 1 saturated heterocycles. The molecule has 0 amide bonds. The van der Waals surface area contributed by atoms with Gasteiger partial charge in [0.05, 0.1) is 7.11 Å². The molecule has 3 rings (SSSR count). The van der Waals surface area contributed by atoms with Crippen molar-refractivity contribution in [1.29, 1.82) is 0 Å². The van der Waals surface area contributed by atoms with Crippen LogP contribution in [0.1, 0.15) is 37.7 Å². The standard InChI is InChI=1S/C23H39N3O3/c1-24-11-13-26(14-12-24)16-19-9-10-22(23(15-19)28-3)29-18-21(27)17-25(2)20-7-5-4-6-8-20/h9-10,15,20-21,27H,4-8,11-14,16-18H2,1-3H3/t21-/m0/s1. The molecule has 1 aromatic rings. The van der Waals surface area contributed by atoms with E-state index in [1.807, 2.05) is 6.07 Å². The highest BCUT2D eigenvalue weighted by Crippen LogP contribution is 2.29. The lowest BCUT2D eigenvalue weighted by molar-refractivity contribution is 0.0553. The first kappa shape index (κ1) is 22.3. The van der Waals surface area contributed by atoms with Crippen LogP contribution in [0.5, 0.6) is 11.5 Å². The Kier molecular flexibility index (Phi) is 8.60. The van der Waals surface area contributed by atoms with Gasteiger partial charge in [0.1, 0.15) is 12.7 Å². The number of benzene rings is 1. The molecule has 164 valence electrons. The van der Waals surface area contributed by atoms with Crippen molar-refractivity contribution in [2.24, 2.45) is 0 Å². The van der Waals surface area contributed by atoms with Gasteiger partial charge in [-0.2, -0.15) is 0 Å². The zero-order valence-electron chi connectivity index (χ0n) is 18.5. The van der Waals surface area contributed by atoms with E-state index >= 15 is 0 Å². The number of nitrogens with zero attached hydrogens (tertiary/aromatic N) is 3. The van der Waals surface area contributed by atoms with E-state index in [2.05, 4.69) is 40.9 Å². The molecule has 1 saturated carbocycles. The van der Waals surface area contributed by atoms with Crippen LogP contribution in [0.25, 0.3) is 0 Å². The van der Waals surface area contributed by atoms with Crippen molar-refractivity contribution in [3.05, 3.63) is 23.8 Å². The summed E-state index contributed by atoms with van der Waals surface area (Å²) >= 11 is 0. The summed E-state index contributed by atoms with van der Waals surface area (Å²) in [5.74, 6) is 1.44. The number of methoxy groups -OCH3 is 1. The van der Waals surface area contributed by atoms with Crippen LogP contribution in [0.2, 0.25) is 0 Å². The topological polar surface area (TPSA) is 48.4 Å². The lowest BCUT2D eigenvalue weighted by atomic mass is 9.94. The molecule has 0 bridgehead atoms. The third-order valence-electron chi connectivity index (χ3n) is 6.36. The average molecular weight is 406 g/mol. The first-order valence-corrected chi connectivity index (χ1v) is 11.1. The Labute approximate surface area is 176 Å². The molecule has 1 N–H and O–H groups in total. The minimum Gasteiger partial charge on any atom is -0.493 e. The van der Waals surface area contributed by atoms with Crippen molar-refractivity contribution < 1.29 is 14.6 Å². The van der Waals surface area contributed by atoms with Gasteiger partial charge in [0.15, 0.2) is 11.5 Å². The van der Waals surface area contributed by atoms with Crippen molar-refractivity contribution >= 4 is 0 Å². The van der Waals surface area contributed by atoms with E-state index in [9.17, 15) is 5.11 Å². The van der Waals surface area contributed by atoms with E-state index in [1.54, 1.807) is 7.11 Å². The summed E-state index contributed by atoms with van der Waals surface area (Å²) in [6, 6.07) is 6.74. The summed E-state index contributed by atoms with van der Waals surface area (Å²) in [7, 11) is 5.97. The summed E-state index contributed by atoms with van der Waals surface area (Å²) in [5.41, 5.74) is 1.23. The van der Waals surface area contributed by atoms with Gasteiger partial charge in [-0.15, -0.1) is 0 Å². The first-order chi connectivity index (χ1) is 14.0. The fourth-order valence-electron chi connectivity index (χ4n) is 4.44. The number of hydrogen-bond acceptors (Lipinski definition) is 6. The smallest absolute Gasteiger partial charge is 0.161 e. The second-order valence-corrected chi connectivity index (χ2v) is 8.76. The number of rotatable bonds is 9. The highest BCUT2D eigenvalue weighted by molar-refractivity contribution is 5.43. The minimum atomic E-state index is -0.503.